The van der Waals surface area contributed by atoms with E-state index in [1.54, 1.807) is 4.57 Å². The lowest BCUT2D eigenvalue weighted by atomic mass is 10.0. The lowest BCUT2D eigenvalue weighted by molar-refractivity contribution is 0.0903. The van der Waals surface area contributed by atoms with E-state index in [0.29, 0.717) is 35.6 Å². The molecule has 0 unspecified atom stereocenters. The van der Waals surface area contributed by atoms with E-state index in [4.69, 9.17) is 0 Å². The zero-order valence-electron chi connectivity index (χ0n) is 30.2. The molecule has 0 aromatic carbocycles. The molecule has 2 aliphatic heterocycles. The van der Waals surface area contributed by atoms with E-state index in [9.17, 15) is 9.59 Å². The number of fused-ring (bicyclic) bond motifs is 3. The molecule has 0 spiro atoms. The minimum atomic E-state index is -0.303. The highest BCUT2D eigenvalue weighted by Crippen LogP contribution is 2.24. The SMILES string of the molecule is CCCCCCCCCCCCCCCCCCn1c2ncnc3c(ncn3C(=O)CCCCCCCCCCCCC)c-2nc1=O. The van der Waals surface area contributed by atoms with Crippen LogP contribution in [0.15, 0.2) is 17.4 Å². The summed E-state index contributed by atoms with van der Waals surface area (Å²) in [7, 11) is 0. The van der Waals surface area contributed by atoms with Crippen molar-refractivity contribution in [2.45, 2.75) is 200 Å². The second-order valence-electron chi connectivity index (χ2n) is 13.9. The molecule has 1 aromatic heterocycles. The highest BCUT2D eigenvalue weighted by molar-refractivity contribution is 5.92. The molecule has 0 N–H and O–H groups in total. The van der Waals surface area contributed by atoms with Gasteiger partial charge < -0.3 is 0 Å². The van der Waals surface area contributed by atoms with Crippen molar-refractivity contribution < 1.29 is 4.79 Å². The average molecular weight is 651 g/mol. The van der Waals surface area contributed by atoms with E-state index in [0.717, 1.165) is 25.7 Å². The van der Waals surface area contributed by atoms with Crippen molar-refractivity contribution >= 4 is 17.1 Å². The Morgan fingerprint density at radius 3 is 1.51 bits per heavy atom. The molecular weight excluding hydrogens is 584 g/mol. The molecule has 3 rings (SSSR count). The number of hydrogen-bond donors (Lipinski definition) is 0. The molecule has 0 aliphatic carbocycles. The maximum atomic E-state index is 13.0. The van der Waals surface area contributed by atoms with Crippen molar-refractivity contribution in [1.82, 2.24) is 29.1 Å². The normalized spacial score (nSPS) is 11.7. The molecule has 1 aromatic rings. The van der Waals surface area contributed by atoms with Crippen molar-refractivity contribution in [3.05, 3.63) is 23.1 Å². The monoisotopic (exact) mass is 651 g/mol. The zero-order chi connectivity index (χ0) is 33.4. The van der Waals surface area contributed by atoms with Crippen LogP contribution in [0, 0.1) is 0 Å². The molecule has 0 radical (unpaired) electrons. The van der Waals surface area contributed by atoms with E-state index in [-0.39, 0.29) is 11.6 Å². The van der Waals surface area contributed by atoms with Gasteiger partial charge in [0, 0.05) is 13.0 Å². The summed E-state index contributed by atoms with van der Waals surface area (Å²) in [6.07, 6.45) is 38.2. The van der Waals surface area contributed by atoms with Gasteiger partial charge in [-0.3, -0.25) is 13.9 Å². The fourth-order valence-corrected chi connectivity index (χ4v) is 6.75. The number of aromatic nitrogens is 6. The second kappa shape index (κ2) is 24.5. The van der Waals surface area contributed by atoms with Crippen LogP contribution in [0.5, 0.6) is 0 Å². The number of nitrogens with zero attached hydrogens (tertiary/aromatic N) is 6. The predicted octanol–water partition coefficient (Wildman–Crippen LogP) is 11.1. The highest BCUT2D eigenvalue weighted by Gasteiger charge is 2.22. The molecule has 8 heteroatoms. The fourth-order valence-electron chi connectivity index (χ4n) is 6.75. The minimum Gasteiger partial charge on any atom is -0.275 e. The number of hydrogen-bond acceptors (Lipinski definition) is 6. The smallest absolute Gasteiger partial charge is 0.275 e. The van der Waals surface area contributed by atoms with Crippen LogP contribution in [0.1, 0.15) is 198 Å². The van der Waals surface area contributed by atoms with E-state index in [2.05, 4.69) is 33.8 Å². The number of unbranched alkanes of at least 4 members (excludes halogenated alkanes) is 25. The van der Waals surface area contributed by atoms with Crippen LogP contribution in [-0.2, 0) is 6.54 Å². The van der Waals surface area contributed by atoms with Gasteiger partial charge in [-0.25, -0.2) is 19.7 Å². The summed E-state index contributed by atoms with van der Waals surface area (Å²) in [4.78, 5) is 43.5. The number of imidazole rings is 2. The molecular formula is C39H66N6O2. The van der Waals surface area contributed by atoms with Gasteiger partial charge in [0.05, 0.1) is 0 Å². The van der Waals surface area contributed by atoms with Crippen molar-refractivity contribution in [2.75, 3.05) is 0 Å². The van der Waals surface area contributed by atoms with Gasteiger partial charge in [-0.05, 0) is 12.8 Å². The molecule has 0 saturated heterocycles. The maximum absolute atomic E-state index is 13.0. The Balaban J connectivity index is 1.31. The summed E-state index contributed by atoms with van der Waals surface area (Å²) in [6, 6.07) is 0. The Hall–Kier alpha value is -2.64. The summed E-state index contributed by atoms with van der Waals surface area (Å²) >= 11 is 0. The molecule has 0 bridgehead atoms. The molecule has 0 amide bonds. The van der Waals surface area contributed by atoms with Gasteiger partial charge >= 0.3 is 5.69 Å². The van der Waals surface area contributed by atoms with E-state index < -0.39 is 0 Å². The molecule has 0 fully saturated rings. The Morgan fingerprint density at radius 2 is 1.02 bits per heavy atom. The first-order chi connectivity index (χ1) is 23.2. The third-order valence-electron chi connectivity index (χ3n) is 9.73. The van der Waals surface area contributed by atoms with E-state index in [1.807, 2.05) is 0 Å². The highest BCUT2D eigenvalue weighted by atomic mass is 16.2. The lowest BCUT2D eigenvalue weighted by Gasteiger charge is -2.05. The van der Waals surface area contributed by atoms with Crippen molar-refractivity contribution in [2.24, 2.45) is 0 Å². The summed E-state index contributed by atoms with van der Waals surface area (Å²) < 4.78 is 3.15. The van der Waals surface area contributed by atoms with E-state index >= 15 is 0 Å². The van der Waals surface area contributed by atoms with Gasteiger partial charge in [0.1, 0.15) is 23.9 Å². The van der Waals surface area contributed by atoms with Crippen molar-refractivity contribution in [3.8, 4) is 11.5 Å². The molecule has 264 valence electrons. The molecule has 3 heterocycles. The predicted molar refractivity (Wildman–Crippen MR) is 195 cm³/mol. The van der Waals surface area contributed by atoms with Crippen LogP contribution >= 0.6 is 0 Å². The maximum Gasteiger partial charge on any atom is 0.350 e. The zero-order valence-corrected chi connectivity index (χ0v) is 30.2. The topological polar surface area (TPSA) is 95.6 Å². The van der Waals surface area contributed by atoms with Crippen molar-refractivity contribution in [1.29, 1.82) is 0 Å². The van der Waals surface area contributed by atoms with Crippen LogP contribution in [0.3, 0.4) is 0 Å². The molecule has 8 nitrogen and oxygen atoms in total. The number of carbonyl (C=O) groups excluding carboxylic acids is 1. The van der Waals surface area contributed by atoms with Gasteiger partial charge in [-0.2, -0.15) is 4.98 Å². The van der Waals surface area contributed by atoms with Gasteiger partial charge in [-0.15, -0.1) is 0 Å². The molecule has 0 atom stereocenters. The average Bonchev–Trinajstić information content (AvgIpc) is 3.58. The van der Waals surface area contributed by atoms with E-state index in [1.165, 1.54) is 165 Å². The van der Waals surface area contributed by atoms with Crippen LogP contribution < -0.4 is 5.69 Å². The van der Waals surface area contributed by atoms with Crippen LogP contribution in [0.2, 0.25) is 0 Å². The molecule has 0 saturated carbocycles. The largest absolute Gasteiger partial charge is 0.350 e. The Labute approximate surface area is 285 Å². The fraction of sp³-hybridized carbons (Fsp3) is 0.795. The summed E-state index contributed by atoms with van der Waals surface area (Å²) in [5.41, 5.74) is 1.02. The van der Waals surface area contributed by atoms with Gasteiger partial charge in [-0.1, -0.05) is 174 Å². The van der Waals surface area contributed by atoms with Crippen molar-refractivity contribution in [3.63, 3.8) is 0 Å². The Morgan fingerprint density at radius 1 is 0.574 bits per heavy atom. The second-order valence-corrected chi connectivity index (χ2v) is 13.9. The van der Waals surface area contributed by atoms with Crippen LogP contribution in [-0.4, -0.2) is 35.0 Å². The molecule has 2 aliphatic rings. The minimum absolute atomic E-state index is 0.0229. The number of rotatable bonds is 29. The van der Waals surface area contributed by atoms with Crippen LogP contribution in [0.4, 0.5) is 0 Å². The lowest BCUT2D eigenvalue weighted by Crippen LogP contribution is -2.17. The summed E-state index contributed by atoms with van der Waals surface area (Å²) in [6.45, 7) is 5.12. The Kier molecular flexibility index (Phi) is 20.2. The van der Waals surface area contributed by atoms with Gasteiger partial charge in [0.2, 0.25) is 5.91 Å². The first-order valence-electron chi connectivity index (χ1n) is 19.8. The quantitative estimate of drug-likeness (QED) is 0.0694. The van der Waals surface area contributed by atoms with Gasteiger partial charge in [0.25, 0.3) is 0 Å². The first kappa shape index (κ1) is 38.8. The number of carbonyl (C=O) groups is 1. The third-order valence-corrected chi connectivity index (χ3v) is 9.73. The standard InChI is InChI=1S/C39H66N6O2/c1-3-5-7-9-11-13-15-16-17-18-19-21-23-25-27-29-31-44-38-36(43-39(44)47)35-37(40-32-41-38)45(33-42-35)34(46)30-28-26-24-22-20-14-12-10-8-6-4-2/h32-33H,3-31H2,1-2H3. The summed E-state index contributed by atoms with van der Waals surface area (Å²) in [5, 5.41) is 0. The molecule has 47 heavy (non-hydrogen) atoms. The van der Waals surface area contributed by atoms with Crippen LogP contribution in [0.25, 0.3) is 22.7 Å². The van der Waals surface area contributed by atoms with Gasteiger partial charge in [0.15, 0.2) is 11.5 Å². The Bertz CT molecular complexity index is 1270. The summed E-state index contributed by atoms with van der Waals surface area (Å²) in [5.74, 6) is 0.478. The third kappa shape index (κ3) is 14.6. The first-order valence-corrected chi connectivity index (χ1v) is 19.8.